The fourth-order valence-corrected chi connectivity index (χ4v) is 5.88. The van der Waals surface area contributed by atoms with Crippen molar-refractivity contribution in [3.05, 3.63) is 55.8 Å². The summed E-state index contributed by atoms with van der Waals surface area (Å²) in [4.78, 5) is 42.1. The van der Waals surface area contributed by atoms with Crippen LogP contribution in [0.1, 0.15) is 55.2 Å². The highest BCUT2D eigenvalue weighted by Gasteiger charge is 2.27. The second kappa shape index (κ2) is 10.2. The number of carbonyl (C=O) groups excluding carboxylic acids is 1. The van der Waals surface area contributed by atoms with Crippen LogP contribution in [0.2, 0.25) is 0 Å². The summed E-state index contributed by atoms with van der Waals surface area (Å²) in [7, 11) is 0. The molecule has 4 N–H and O–H groups in total. The molecule has 1 unspecified atom stereocenters. The van der Waals surface area contributed by atoms with Crippen molar-refractivity contribution in [2.75, 3.05) is 26.2 Å². The first-order valence-electron chi connectivity index (χ1n) is 12.9. The average Bonchev–Trinajstić information content (AvgIpc) is 3.30. The van der Waals surface area contributed by atoms with E-state index in [9.17, 15) is 14.7 Å². The summed E-state index contributed by atoms with van der Waals surface area (Å²) >= 11 is 1.53. The molecule has 194 valence electrons. The fourth-order valence-electron chi connectivity index (χ4n) is 4.77. The van der Waals surface area contributed by atoms with Gasteiger partial charge in [0, 0.05) is 17.8 Å². The van der Waals surface area contributed by atoms with E-state index in [2.05, 4.69) is 25.3 Å². The highest BCUT2D eigenvalue weighted by atomic mass is 32.2. The Morgan fingerprint density at radius 1 is 1.30 bits per heavy atom. The number of nitrogens with one attached hydrogen (secondary N) is 3. The van der Waals surface area contributed by atoms with Crippen molar-refractivity contribution in [1.82, 2.24) is 34.8 Å². The van der Waals surface area contributed by atoms with E-state index in [0.717, 1.165) is 36.4 Å². The molecule has 1 saturated heterocycles. The van der Waals surface area contributed by atoms with E-state index < -0.39 is 5.69 Å². The number of fused-ring (bicyclic) bond motifs is 1. The minimum absolute atomic E-state index is 0.00767. The Balaban J connectivity index is 1.21. The Labute approximate surface area is 216 Å². The number of hydrogen-bond acceptors (Lipinski definition) is 8. The number of hydrogen-bond donors (Lipinski definition) is 4. The topological polar surface area (TPSA) is 144 Å². The lowest BCUT2D eigenvalue weighted by Gasteiger charge is -2.14. The maximum atomic E-state index is 12.8. The van der Waals surface area contributed by atoms with E-state index in [4.69, 9.17) is 9.98 Å². The van der Waals surface area contributed by atoms with Gasteiger partial charge in [-0.1, -0.05) is 6.08 Å². The lowest BCUT2D eigenvalue weighted by Crippen LogP contribution is -2.28. The standard InChI is InChI=1S/C25H30N8O3S/c34-23-18(30-25(36)31-23)12-15-14-27-33-21(28-16-4-5-16)13-17(29-22(15)33)19-6-7-20(37-19)24(35)26-8-3-11-32-9-1-2-10-32/h7,12-14,16,19,34H,1-6,8-11H2,(H,26,35)(H2,30,31,36). The number of allylic oxidation sites excluding steroid dienone is 1. The Hall–Kier alpha value is -3.38. The predicted octanol–water partition coefficient (Wildman–Crippen LogP) is 0.726. The van der Waals surface area contributed by atoms with Crippen molar-refractivity contribution in [2.45, 2.75) is 49.8 Å². The molecule has 12 heteroatoms. The summed E-state index contributed by atoms with van der Waals surface area (Å²) in [5.74, 6) is -0.266. The number of aromatic amines is 2. The Bertz CT molecular complexity index is 1530. The molecule has 2 fully saturated rings. The van der Waals surface area contributed by atoms with Gasteiger partial charge in [-0.15, -0.1) is 11.8 Å². The molecule has 0 spiro atoms. The van der Waals surface area contributed by atoms with Crippen LogP contribution in [0.4, 0.5) is 0 Å². The van der Waals surface area contributed by atoms with Crippen LogP contribution in [-0.4, -0.2) is 72.7 Å². The van der Waals surface area contributed by atoms with Crippen LogP contribution >= 0.6 is 11.8 Å². The molecule has 3 aromatic rings. The fraction of sp³-hybridized carbons (Fsp3) is 0.480. The van der Waals surface area contributed by atoms with Crippen LogP contribution in [0.15, 0.2) is 33.0 Å². The summed E-state index contributed by atoms with van der Waals surface area (Å²) in [5, 5.41) is 18.2. The SMILES string of the molecule is O=C(NCCCN1CCCC1)C1=CCC(c2cc(=NC3CC3)n3ncc(=Cc4[nH]c(=O)[nH]c4O)c3n2)S1. The highest BCUT2D eigenvalue weighted by molar-refractivity contribution is 8.04. The summed E-state index contributed by atoms with van der Waals surface area (Å²) in [5.41, 5.74) is 1.89. The van der Waals surface area contributed by atoms with Gasteiger partial charge in [0.05, 0.1) is 28.1 Å². The highest BCUT2D eigenvalue weighted by Crippen LogP contribution is 2.42. The smallest absolute Gasteiger partial charge is 0.326 e. The van der Waals surface area contributed by atoms with E-state index in [-0.39, 0.29) is 28.8 Å². The van der Waals surface area contributed by atoms with Crippen molar-refractivity contribution in [2.24, 2.45) is 4.99 Å². The third-order valence-corrected chi connectivity index (χ3v) is 8.20. The third kappa shape index (κ3) is 5.35. The molecule has 1 saturated carbocycles. The first kappa shape index (κ1) is 24.0. The number of amides is 1. The van der Waals surface area contributed by atoms with Crippen LogP contribution in [0.3, 0.4) is 0 Å². The lowest BCUT2D eigenvalue weighted by atomic mass is 10.2. The Morgan fingerprint density at radius 2 is 2.14 bits per heavy atom. The van der Waals surface area contributed by atoms with Crippen molar-refractivity contribution in [3.8, 4) is 5.88 Å². The minimum atomic E-state index is -0.492. The van der Waals surface area contributed by atoms with Gasteiger partial charge in [-0.3, -0.25) is 14.8 Å². The molecule has 37 heavy (non-hydrogen) atoms. The van der Waals surface area contributed by atoms with Crippen LogP contribution in [-0.2, 0) is 4.79 Å². The van der Waals surface area contributed by atoms with Gasteiger partial charge in [-0.25, -0.2) is 9.78 Å². The van der Waals surface area contributed by atoms with Crippen LogP contribution in [0.25, 0.3) is 11.7 Å². The molecule has 3 aromatic heterocycles. The molecular formula is C25H30N8O3S. The molecule has 0 radical (unpaired) electrons. The molecule has 1 atom stereocenters. The Kier molecular flexibility index (Phi) is 6.59. The number of nitrogens with zero attached hydrogens (tertiary/aromatic N) is 5. The average molecular weight is 523 g/mol. The molecule has 3 aliphatic rings. The number of imidazole rings is 1. The first-order chi connectivity index (χ1) is 18.0. The maximum Gasteiger partial charge on any atom is 0.326 e. The van der Waals surface area contributed by atoms with Crippen molar-refractivity contribution < 1.29 is 9.90 Å². The van der Waals surface area contributed by atoms with Gasteiger partial charge in [-0.05, 0) is 64.2 Å². The van der Waals surface area contributed by atoms with Crippen molar-refractivity contribution in [1.29, 1.82) is 0 Å². The molecule has 6 rings (SSSR count). The summed E-state index contributed by atoms with van der Waals surface area (Å²) in [6.07, 6.45) is 11.6. The van der Waals surface area contributed by atoms with Crippen molar-refractivity contribution >= 4 is 29.4 Å². The zero-order chi connectivity index (χ0) is 25.4. The molecule has 0 aromatic carbocycles. The molecule has 2 aliphatic heterocycles. The number of carbonyl (C=O) groups is 1. The van der Waals surface area contributed by atoms with Crippen LogP contribution in [0, 0.1) is 0 Å². The largest absolute Gasteiger partial charge is 0.493 e. The van der Waals surface area contributed by atoms with Gasteiger partial charge in [0.25, 0.3) is 5.91 Å². The summed E-state index contributed by atoms with van der Waals surface area (Å²) in [6.45, 7) is 4.05. The van der Waals surface area contributed by atoms with Gasteiger partial charge in [0.15, 0.2) is 11.1 Å². The van der Waals surface area contributed by atoms with Crippen LogP contribution < -0.4 is 21.7 Å². The van der Waals surface area contributed by atoms with Gasteiger partial charge in [-0.2, -0.15) is 9.61 Å². The minimum Gasteiger partial charge on any atom is -0.493 e. The number of H-pyrrole nitrogens is 2. The lowest BCUT2D eigenvalue weighted by molar-refractivity contribution is -0.116. The zero-order valence-electron chi connectivity index (χ0n) is 20.4. The van der Waals surface area contributed by atoms with E-state index in [1.807, 2.05) is 12.1 Å². The maximum absolute atomic E-state index is 12.8. The number of aromatic nitrogens is 5. The second-order valence-corrected chi connectivity index (χ2v) is 11.0. The molecule has 0 bridgehead atoms. The van der Waals surface area contributed by atoms with E-state index in [0.29, 0.717) is 29.3 Å². The zero-order valence-corrected chi connectivity index (χ0v) is 21.3. The molecule has 11 nitrogen and oxygen atoms in total. The number of rotatable bonds is 8. The van der Waals surface area contributed by atoms with Crippen molar-refractivity contribution in [3.63, 3.8) is 0 Å². The van der Waals surface area contributed by atoms with Gasteiger partial charge in [0.2, 0.25) is 5.88 Å². The second-order valence-electron chi connectivity index (χ2n) is 9.79. The summed E-state index contributed by atoms with van der Waals surface area (Å²) in [6, 6.07) is 2.25. The van der Waals surface area contributed by atoms with E-state index in [1.54, 1.807) is 16.8 Å². The normalized spacial score (nSPS) is 21.3. The Morgan fingerprint density at radius 3 is 2.89 bits per heavy atom. The first-order valence-corrected chi connectivity index (χ1v) is 13.7. The quantitative estimate of drug-likeness (QED) is 0.319. The number of aromatic hydroxyl groups is 1. The van der Waals surface area contributed by atoms with E-state index in [1.165, 1.54) is 37.7 Å². The predicted molar refractivity (Wildman–Crippen MR) is 140 cm³/mol. The number of likely N-dealkylation sites (tertiary alicyclic amines) is 1. The molecule has 5 heterocycles. The molecule has 1 aliphatic carbocycles. The summed E-state index contributed by atoms with van der Waals surface area (Å²) < 4.78 is 1.69. The molecular weight excluding hydrogens is 492 g/mol. The van der Waals surface area contributed by atoms with Crippen LogP contribution in [0.5, 0.6) is 5.88 Å². The monoisotopic (exact) mass is 522 g/mol. The number of thioether (sulfide) groups is 1. The third-order valence-electron chi connectivity index (χ3n) is 6.87. The van der Waals surface area contributed by atoms with Gasteiger partial charge >= 0.3 is 5.69 Å². The van der Waals surface area contributed by atoms with E-state index >= 15 is 0 Å². The molecule has 1 amide bonds. The van der Waals surface area contributed by atoms with Gasteiger partial charge < -0.3 is 20.3 Å². The van der Waals surface area contributed by atoms with Gasteiger partial charge in [0.1, 0.15) is 5.69 Å².